The Balaban J connectivity index is -0.000000199. The highest BCUT2D eigenvalue weighted by Crippen LogP contribution is 2.23. The molecule has 0 aliphatic heterocycles. The quantitative estimate of drug-likeness (QED) is 0.173. The normalized spacial score (nSPS) is 11.9. The minimum atomic E-state index is -3.66. The number of allylic oxidation sites excluding steroid dienone is 1. The topological polar surface area (TPSA) is 276 Å². The lowest BCUT2D eigenvalue weighted by Crippen LogP contribution is -2.31. The van der Waals surface area contributed by atoms with Crippen molar-refractivity contribution in [2.75, 3.05) is 39.6 Å². The molecule has 0 aromatic heterocycles. The first-order valence-electron chi connectivity index (χ1n) is 15.7. The molecule has 0 fully saturated rings. The van der Waals surface area contributed by atoms with Crippen LogP contribution in [0.25, 0.3) is 0 Å². The first kappa shape index (κ1) is 62.5. The Hall–Kier alpha value is -3.67. The average Bonchev–Trinajstić information content (AvgIpc) is 3.00. The average molecular weight is 917 g/mol. The summed E-state index contributed by atoms with van der Waals surface area (Å²) in [6, 6.07) is 0. The van der Waals surface area contributed by atoms with Gasteiger partial charge in [-0.2, -0.15) is 0 Å². The lowest BCUT2D eigenvalue weighted by molar-refractivity contribution is -0.149. The Labute approximate surface area is 340 Å². The molecule has 18 nitrogen and oxygen atoms in total. The van der Waals surface area contributed by atoms with E-state index in [0.717, 1.165) is 33.0 Å². The summed E-state index contributed by atoms with van der Waals surface area (Å²) in [6.07, 6.45) is 2.72. The van der Waals surface area contributed by atoms with Crippen molar-refractivity contribution < 1.29 is 80.2 Å². The van der Waals surface area contributed by atoms with Gasteiger partial charge in [0.05, 0.1) is 30.3 Å². The number of carbonyl (C=O) groups is 4. The highest BCUT2D eigenvalue weighted by atomic mass is 32.2. The summed E-state index contributed by atoms with van der Waals surface area (Å²) >= 11 is 0. The van der Waals surface area contributed by atoms with Crippen LogP contribution in [-0.4, -0.2) is 121 Å². The summed E-state index contributed by atoms with van der Waals surface area (Å²) in [5.74, 6) is -3.59. The van der Waals surface area contributed by atoms with Crippen LogP contribution in [0.15, 0.2) is 57.4 Å². The van der Waals surface area contributed by atoms with Crippen LogP contribution in [0.4, 0.5) is 0 Å². The molecule has 334 valence electrons. The molecule has 23 heteroatoms. The van der Waals surface area contributed by atoms with Gasteiger partial charge in [0.1, 0.15) is 25.2 Å². The van der Waals surface area contributed by atoms with E-state index >= 15 is 0 Å². The molecule has 0 aliphatic rings. The van der Waals surface area contributed by atoms with Gasteiger partial charge in [0.2, 0.25) is 0 Å². The van der Waals surface area contributed by atoms with Crippen molar-refractivity contribution in [3.8, 4) is 0 Å². The van der Waals surface area contributed by atoms with Crippen LogP contribution in [0.3, 0.4) is 0 Å². The largest absolute Gasteiger partial charge is 0.465 e. The lowest BCUT2D eigenvalue weighted by Gasteiger charge is -2.19. The van der Waals surface area contributed by atoms with Crippen molar-refractivity contribution in [1.29, 1.82) is 0 Å². The Morgan fingerprint density at radius 2 is 0.737 bits per heavy atom. The van der Waals surface area contributed by atoms with E-state index in [1.165, 1.54) is 27.7 Å². The molecule has 0 spiro atoms. The van der Waals surface area contributed by atoms with Gasteiger partial charge in [-0.05, 0) is 76.2 Å². The lowest BCUT2D eigenvalue weighted by atomic mass is 10.2. The number of hydrogen-bond donors (Lipinski definition) is 0. The van der Waals surface area contributed by atoms with E-state index in [4.69, 9.17) is 4.74 Å². The Morgan fingerprint density at radius 3 is 0.912 bits per heavy atom. The fraction of sp³-hybridized carbons (Fsp3) is 0.588. The zero-order valence-corrected chi connectivity index (χ0v) is 39.7. The second kappa shape index (κ2) is 23.7. The molecule has 0 N–H and O–H groups in total. The Bertz CT molecular complexity index is 2080. The maximum atomic E-state index is 11.6. The summed E-state index contributed by atoms with van der Waals surface area (Å²) in [6.45, 7) is 33.6. The fourth-order valence-corrected chi connectivity index (χ4v) is 5.41. The SMILES string of the molecule is C=C(C(=O)OC(C)(C)C)S(C)(=O)=O.C=C(C(=O)OC)S(=O)(=O)C(C)(C)C.C=C(C(=O)OC)S(C)(=O)=O.C=C(C(=O)OCC)S(C)(=O)=O.C=C(C)S(=O)(=O)C(C)(C)C. The van der Waals surface area contributed by atoms with Gasteiger partial charge in [0.25, 0.3) is 0 Å². The number of esters is 4. The highest BCUT2D eigenvalue weighted by Gasteiger charge is 2.35. The molecule has 0 aliphatic carbocycles. The number of methoxy groups -OCH3 is 2. The molecular formula is C34H60O18S5. The van der Waals surface area contributed by atoms with Crippen molar-refractivity contribution >= 4 is 73.1 Å². The molecule has 0 aromatic rings. The molecular weight excluding hydrogens is 857 g/mol. The summed E-state index contributed by atoms with van der Waals surface area (Å²) in [4.78, 5) is 41.4. The molecule has 0 amide bonds. The van der Waals surface area contributed by atoms with Gasteiger partial charge in [-0.25, -0.2) is 61.3 Å². The van der Waals surface area contributed by atoms with Gasteiger partial charge in [-0.1, -0.05) is 32.9 Å². The minimum absolute atomic E-state index is 0.146. The molecule has 57 heavy (non-hydrogen) atoms. The highest BCUT2D eigenvalue weighted by molar-refractivity contribution is 7.97. The van der Waals surface area contributed by atoms with Crippen molar-refractivity contribution in [2.24, 2.45) is 0 Å². The zero-order valence-electron chi connectivity index (χ0n) is 35.6. The summed E-state index contributed by atoms with van der Waals surface area (Å²) < 4.78 is 126. The van der Waals surface area contributed by atoms with E-state index in [0.29, 0.717) is 0 Å². The molecule has 0 saturated heterocycles. The summed E-state index contributed by atoms with van der Waals surface area (Å²) in [7, 11) is -15.1. The summed E-state index contributed by atoms with van der Waals surface area (Å²) in [5, 5.41) is 0. The van der Waals surface area contributed by atoms with E-state index in [9.17, 15) is 61.3 Å². The van der Waals surface area contributed by atoms with Gasteiger partial charge in [0.15, 0.2) is 49.2 Å². The predicted octanol–water partition coefficient (Wildman–Crippen LogP) is 3.33. The maximum absolute atomic E-state index is 11.6. The van der Waals surface area contributed by atoms with Crippen molar-refractivity contribution in [3.05, 3.63) is 57.4 Å². The van der Waals surface area contributed by atoms with E-state index in [1.807, 2.05) is 0 Å². The second-order valence-electron chi connectivity index (χ2n) is 14.1. The van der Waals surface area contributed by atoms with Crippen LogP contribution in [0.1, 0.15) is 76.2 Å². The number of carbonyl (C=O) groups excluding carboxylic acids is 4. The maximum Gasteiger partial charge on any atom is 0.349 e. The minimum Gasteiger partial charge on any atom is -0.465 e. The molecule has 0 unspecified atom stereocenters. The fourth-order valence-electron chi connectivity index (χ4n) is 2.23. The zero-order chi connectivity index (χ0) is 47.7. The first-order valence-corrected chi connectivity index (χ1v) is 24.4. The second-order valence-corrected chi connectivity index (χ2v) is 25.9. The monoisotopic (exact) mass is 916 g/mol. The van der Waals surface area contributed by atoms with E-state index in [2.05, 4.69) is 47.1 Å². The Kier molecular flexibility index (Phi) is 26.0. The number of sulfone groups is 5. The molecule has 0 bridgehead atoms. The van der Waals surface area contributed by atoms with Gasteiger partial charge >= 0.3 is 23.9 Å². The van der Waals surface area contributed by atoms with E-state index in [-0.39, 0.29) is 11.5 Å². The van der Waals surface area contributed by atoms with Crippen molar-refractivity contribution in [1.82, 2.24) is 0 Å². The Morgan fingerprint density at radius 1 is 0.474 bits per heavy atom. The third-order valence-electron chi connectivity index (χ3n) is 5.69. The van der Waals surface area contributed by atoms with Crippen LogP contribution < -0.4 is 0 Å². The van der Waals surface area contributed by atoms with Crippen LogP contribution >= 0.6 is 0 Å². The molecule has 0 aromatic carbocycles. The van der Waals surface area contributed by atoms with Gasteiger partial charge in [0, 0.05) is 23.7 Å². The molecule has 0 heterocycles. The number of hydrogen-bond acceptors (Lipinski definition) is 18. The van der Waals surface area contributed by atoms with E-state index < -0.39 is 108 Å². The first-order chi connectivity index (χ1) is 24.7. The van der Waals surface area contributed by atoms with Crippen molar-refractivity contribution in [3.63, 3.8) is 0 Å². The van der Waals surface area contributed by atoms with Crippen molar-refractivity contribution in [2.45, 2.75) is 91.3 Å². The number of rotatable bonds is 10. The van der Waals surface area contributed by atoms with Crippen LogP contribution in [-0.2, 0) is 87.3 Å². The van der Waals surface area contributed by atoms with Crippen LogP contribution in [0, 0.1) is 0 Å². The van der Waals surface area contributed by atoms with Crippen LogP contribution in [0.5, 0.6) is 0 Å². The smallest absolute Gasteiger partial charge is 0.349 e. The molecule has 0 atom stereocenters. The van der Waals surface area contributed by atoms with Gasteiger partial charge in [-0.15, -0.1) is 0 Å². The molecule has 0 radical (unpaired) electrons. The third-order valence-corrected chi connectivity index (χ3v) is 13.8. The van der Waals surface area contributed by atoms with Gasteiger partial charge in [-0.3, -0.25) is 0 Å². The molecule has 0 rings (SSSR count). The predicted molar refractivity (Wildman–Crippen MR) is 220 cm³/mol. The van der Waals surface area contributed by atoms with Gasteiger partial charge < -0.3 is 18.9 Å². The van der Waals surface area contributed by atoms with Crippen LogP contribution in [0.2, 0.25) is 0 Å². The summed E-state index contributed by atoms with van der Waals surface area (Å²) in [5.41, 5.74) is -0.704. The third kappa shape index (κ3) is 25.3. The molecule has 0 saturated carbocycles. The standard InChI is InChI=1S/2C8H14O4S.C7H14O2S.C6H10O4S.C5H8O4S/c1-6(13(5,10)11)7(9)12-8(2,3)4;1-6(7(9)12-5)13(10,11)8(2,3)4;1-6(2)10(8,9)7(3,4)5;1-4-10-6(7)5(2)11(3,8)9;1-4(5(6)9-2)10(3,7)8/h2*1H2,2-5H3;1H2,2-5H3;2,4H2,1,3H3;1H2,2-3H3. The number of ether oxygens (including phenoxy) is 4. The van der Waals surface area contributed by atoms with E-state index in [1.54, 1.807) is 48.5 Å².